The van der Waals surface area contributed by atoms with Gasteiger partial charge in [-0.15, -0.1) is 0 Å². The van der Waals surface area contributed by atoms with E-state index in [0.717, 1.165) is 18.6 Å². The number of methoxy groups -OCH3 is 1. The average molecular weight is 276 g/mol. The van der Waals surface area contributed by atoms with Crippen molar-refractivity contribution in [3.63, 3.8) is 0 Å². The van der Waals surface area contributed by atoms with Crippen molar-refractivity contribution in [1.29, 1.82) is 0 Å². The first-order chi connectivity index (χ1) is 9.40. The van der Waals surface area contributed by atoms with E-state index in [4.69, 9.17) is 4.74 Å². The van der Waals surface area contributed by atoms with Crippen molar-refractivity contribution in [2.75, 3.05) is 7.11 Å². The highest BCUT2D eigenvalue weighted by atomic mass is 16.5. The van der Waals surface area contributed by atoms with Gasteiger partial charge in [0.1, 0.15) is 5.75 Å². The minimum Gasteiger partial charge on any atom is -0.496 e. The number of hydrogen-bond acceptors (Lipinski definition) is 1. The Balaban J connectivity index is 3.43. The molecular formula is C19H32O. The van der Waals surface area contributed by atoms with Crippen molar-refractivity contribution in [1.82, 2.24) is 0 Å². The summed E-state index contributed by atoms with van der Waals surface area (Å²) in [5, 5.41) is 0. The molecule has 114 valence electrons. The monoisotopic (exact) mass is 276 g/mol. The van der Waals surface area contributed by atoms with Crippen LogP contribution >= 0.6 is 0 Å². The second-order valence-electron chi connectivity index (χ2n) is 6.45. The fourth-order valence-electron chi connectivity index (χ4n) is 2.84. The van der Waals surface area contributed by atoms with Gasteiger partial charge >= 0.3 is 0 Å². The van der Waals surface area contributed by atoms with E-state index in [2.05, 4.69) is 59.7 Å². The third-order valence-electron chi connectivity index (χ3n) is 5.67. The minimum absolute atomic E-state index is 0.198. The van der Waals surface area contributed by atoms with Gasteiger partial charge in [-0.05, 0) is 48.1 Å². The maximum atomic E-state index is 5.63. The van der Waals surface area contributed by atoms with Crippen molar-refractivity contribution in [3.8, 4) is 5.75 Å². The van der Waals surface area contributed by atoms with Crippen molar-refractivity contribution in [2.24, 2.45) is 0 Å². The van der Waals surface area contributed by atoms with Crippen molar-refractivity contribution in [2.45, 2.75) is 78.1 Å². The summed E-state index contributed by atoms with van der Waals surface area (Å²) in [4.78, 5) is 0. The molecule has 0 aliphatic heterocycles. The van der Waals surface area contributed by atoms with E-state index >= 15 is 0 Å². The van der Waals surface area contributed by atoms with Crippen LogP contribution in [0.25, 0.3) is 0 Å². The summed E-state index contributed by atoms with van der Waals surface area (Å²) < 4.78 is 5.63. The summed E-state index contributed by atoms with van der Waals surface area (Å²) in [6, 6.07) is 6.82. The molecule has 0 bridgehead atoms. The van der Waals surface area contributed by atoms with Gasteiger partial charge in [-0.3, -0.25) is 0 Å². The molecule has 0 spiro atoms. The summed E-state index contributed by atoms with van der Waals surface area (Å²) >= 11 is 0. The standard InChI is InChI=1S/C19H32O/c1-8-18(5,9-2)15-12-13-17(20-7)16(14-15)19(6,10-3)11-4/h12-14H,8-11H2,1-7H3. The summed E-state index contributed by atoms with van der Waals surface area (Å²) in [7, 11) is 1.78. The Bertz CT molecular complexity index is 425. The molecule has 1 nitrogen and oxygen atoms in total. The molecule has 0 atom stereocenters. The molecule has 1 aromatic rings. The molecule has 0 N–H and O–H groups in total. The van der Waals surface area contributed by atoms with Crippen molar-refractivity contribution >= 4 is 0 Å². The van der Waals surface area contributed by atoms with Gasteiger partial charge in [0, 0.05) is 5.56 Å². The van der Waals surface area contributed by atoms with Crippen molar-refractivity contribution in [3.05, 3.63) is 29.3 Å². The van der Waals surface area contributed by atoms with Crippen LogP contribution in [0.15, 0.2) is 18.2 Å². The lowest BCUT2D eigenvalue weighted by atomic mass is 9.72. The van der Waals surface area contributed by atoms with E-state index in [9.17, 15) is 0 Å². The maximum Gasteiger partial charge on any atom is 0.122 e. The molecule has 20 heavy (non-hydrogen) atoms. The van der Waals surface area contributed by atoms with E-state index in [-0.39, 0.29) is 10.8 Å². The average Bonchev–Trinajstić information content (AvgIpc) is 2.52. The molecule has 0 saturated carbocycles. The highest BCUT2D eigenvalue weighted by Gasteiger charge is 2.29. The molecule has 0 amide bonds. The smallest absolute Gasteiger partial charge is 0.122 e. The first kappa shape index (κ1) is 17.1. The molecule has 0 aromatic heterocycles. The molecule has 1 aromatic carbocycles. The zero-order chi connectivity index (χ0) is 15.4. The second kappa shape index (κ2) is 6.65. The predicted octanol–water partition coefficient (Wildman–Crippen LogP) is 5.85. The highest BCUT2D eigenvalue weighted by Crippen LogP contribution is 2.41. The van der Waals surface area contributed by atoms with E-state index in [0.29, 0.717) is 0 Å². The van der Waals surface area contributed by atoms with Crippen LogP contribution in [0.3, 0.4) is 0 Å². The second-order valence-corrected chi connectivity index (χ2v) is 6.45. The fourth-order valence-corrected chi connectivity index (χ4v) is 2.84. The van der Waals surface area contributed by atoms with Gasteiger partial charge in [0.2, 0.25) is 0 Å². The SMILES string of the molecule is CCC(C)(CC)c1ccc(OC)c(C(C)(CC)CC)c1. The lowest BCUT2D eigenvalue weighted by Gasteiger charge is -2.33. The van der Waals surface area contributed by atoms with Crippen LogP contribution in [0.1, 0.15) is 78.4 Å². The van der Waals surface area contributed by atoms with Crippen molar-refractivity contribution < 1.29 is 4.74 Å². The Labute approximate surface area is 125 Å². The van der Waals surface area contributed by atoms with Gasteiger partial charge in [-0.1, -0.05) is 53.7 Å². The summed E-state index contributed by atoms with van der Waals surface area (Å²) in [5.74, 6) is 1.04. The van der Waals surface area contributed by atoms with Gasteiger partial charge in [-0.2, -0.15) is 0 Å². The van der Waals surface area contributed by atoms with Crippen LogP contribution in [0.2, 0.25) is 0 Å². The van der Waals surface area contributed by atoms with Gasteiger partial charge in [0.25, 0.3) is 0 Å². The van der Waals surface area contributed by atoms with Gasteiger partial charge in [-0.25, -0.2) is 0 Å². The minimum atomic E-state index is 0.198. The Morgan fingerprint density at radius 1 is 0.850 bits per heavy atom. The first-order valence-corrected chi connectivity index (χ1v) is 8.09. The Hall–Kier alpha value is -0.980. The van der Waals surface area contributed by atoms with E-state index in [1.54, 1.807) is 7.11 Å². The van der Waals surface area contributed by atoms with Gasteiger partial charge < -0.3 is 4.74 Å². The largest absolute Gasteiger partial charge is 0.496 e. The first-order valence-electron chi connectivity index (χ1n) is 8.09. The number of hydrogen-bond donors (Lipinski definition) is 0. The Kier molecular flexibility index (Phi) is 5.68. The lowest BCUT2D eigenvalue weighted by molar-refractivity contribution is 0.370. The maximum absolute atomic E-state index is 5.63. The number of rotatable bonds is 7. The molecule has 0 saturated heterocycles. The number of ether oxygens (including phenoxy) is 1. The van der Waals surface area contributed by atoms with Crippen LogP contribution in [0, 0.1) is 0 Å². The van der Waals surface area contributed by atoms with E-state index in [1.807, 2.05) is 0 Å². The zero-order valence-electron chi connectivity index (χ0n) is 14.5. The quantitative estimate of drug-likeness (QED) is 0.607. The summed E-state index contributed by atoms with van der Waals surface area (Å²) in [6.45, 7) is 13.8. The zero-order valence-corrected chi connectivity index (χ0v) is 14.5. The van der Waals surface area contributed by atoms with E-state index in [1.165, 1.54) is 24.0 Å². The highest BCUT2D eigenvalue weighted by molar-refractivity contribution is 5.44. The molecular weight excluding hydrogens is 244 g/mol. The third kappa shape index (κ3) is 3.02. The van der Waals surface area contributed by atoms with Crippen LogP contribution in [0.5, 0.6) is 5.75 Å². The topological polar surface area (TPSA) is 9.23 Å². The molecule has 0 heterocycles. The predicted molar refractivity (Wildman–Crippen MR) is 88.9 cm³/mol. The van der Waals surface area contributed by atoms with E-state index < -0.39 is 0 Å². The normalized spacial score (nSPS) is 12.6. The molecule has 0 unspecified atom stereocenters. The van der Waals surface area contributed by atoms with Gasteiger partial charge in [0.15, 0.2) is 0 Å². The molecule has 0 aliphatic rings. The van der Waals surface area contributed by atoms with Crippen LogP contribution < -0.4 is 4.74 Å². The lowest BCUT2D eigenvalue weighted by Crippen LogP contribution is -2.24. The van der Waals surface area contributed by atoms with Crippen LogP contribution in [-0.4, -0.2) is 7.11 Å². The van der Waals surface area contributed by atoms with Gasteiger partial charge in [0.05, 0.1) is 7.11 Å². The number of benzene rings is 1. The Morgan fingerprint density at radius 3 is 1.75 bits per heavy atom. The molecule has 0 fully saturated rings. The van der Waals surface area contributed by atoms with Crippen LogP contribution in [-0.2, 0) is 10.8 Å². The third-order valence-corrected chi connectivity index (χ3v) is 5.67. The summed E-state index contributed by atoms with van der Waals surface area (Å²) in [6.07, 6.45) is 4.62. The summed E-state index contributed by atoms with van der Waals surface area (Å²) in [5.41, 5.74) is 3.29. The molecule has 1 rings (SSSR count). The Morgan fingerprint density at radius 2 is 1.35 bits per heavy atom. The molecule has 0 radical (unpaired) electrons. The fraction of sp³-hybridized carbons (Fsp3) is 0.684. The molecule has 0 aliphatic carbocycles. The van der Waals surface area contributed by atoms with Crippen LogP contribution in [0.4, 0.5) is 0 Å². The molecule has 1 heteroatoms.